The summed E-state index contributed by atoms with van der Waals surface area (Å²) in [6.45, 7) is 0.512. The zero-order valence-electron chi connectivity index (χ0n) is 15.0. The van der Waals surface area contributed by atoms with E-state index in [4.69, 9.17) is 0 Å². The van der Waals surface area contributed by atoms with Gasteiger partial charge in [0.1, 0.15) is 0 Å². The van der Waals surface area contributed by atoms with E-state index in [0.717, 1.165) is 10.6 Å². The zero-order chi connectivity index (χ0) is 19.8. The molecule has 0 spiro atoms. The molecule has 0 heterocycles. The van der Waals surface area contributed by atoms with E-state index in [0.29, 0.717) is 17.8 Å². The lowest BCUT2D eigenvalue weighted by Crippen LogP contribution is -2.25. The summed E-state index contributed by atoms with van der Waals surface area (Å²) >= 11 is 1.66. The largest absolute Gasteiger partial charge is 0.351 e. The summed E-state index contributed by atoms with van der Waals surface area (Å²) in [4.78, 5) is 13.7. The molecular formula is C21H20N2O3S2. The predicted octanol–water partition coefficient (Wildman–Crippen LogP) is 4.01. The van der Waals surface area contributed by atoms with Crippen LogP contribution in [-0.4, -0.2) is 26.6 Å². The maximum Gasteiger partial charge on any atom is 0.261 e. The standard InChI is InChI=1S/C21H20N2O3S2/c24-21(22-14-15-27-19-10-3-1-4-11-19)17-8-7-9-18(16-17)23-28(25,26)20-12-5-2-6-13-20/h1-13,16,23H,14-15H2,(H,22,24). The minimum Gasteiger partial charge on any atom is -0.351 e. The molecule has 3 rings (SSSR count). The van der Waals surface area contributed by atoms with Crippen LogP contribution >= 0.6 is 11.8 Å². The molecule has 0 saturated carbocycles. The summed E-state index contributed by atoms with van der Waals surface area (Å²) in [6, 6.07) is 24.5. The quantitative estimate of drug-likeness (QED) is 0.433. The van der Waals surface area contributed by atoms with Crippen molar-refractivity contribution in [1.82, 2.24) is 5.32 Å². The number of hydrogen-bond acceptors (Lipinski definition) is 4. The summed E-state index contributed by atoms with van der Waals surface area (Å²) in [5.41, 5.74) is 0.744. The van der Waals surface area contributed by atoms with Crippen LogP contribution in [0.25, 0.3) is 0 Å². The summed E-state index contributed by atoms with van der Waals surface area (Å²) in [7, 11) is -3.69. The van der Waals surface area contributed by atoms with E-state index in [-0.39, 0.29) is 10.8 Å². The topological polar surface area (TPSA) is 75.3 Å². The smallest absolute Gasteiger partial charge is 0.261 e. The minimum absolute atomic E-state index is 0.169. The van der Waals surface area contributed by atoms with Crippen molar-refractivity contribution in [3.8, 4) is 0 Å². The Morgan fingerprint density at radius 3 is 2.25 bits per heavy atom. The van der Waals surface area contributed by atoms with Crippen LogP contribution in [0.4, 0.5) is 5.69 Å². The van der Waals surface area contributed by atoms with Crippen LogP contribution in [0, 0.1) is 0 Å². The molecule has 0 aliphatic heterocycles. The number of amides is 1. The number of rotatable bonds is 8. The van der Waals surface area contributed by atoms with Crippen molar-refractivity contribution in [2.24, 2.45) is 0 Å². The van der Waals surface area contributed by atoms with Gasteiger partial charge in [0.15, 0.2) is 0 Å². The third kappa shape index (κ3) is 5.61. The maximum absolute atomic E-state index is 12.4. The number of carbonyl (C=O) groups is 1. The van der Waals surface area contributed by atoms with Gasteiger partial charge in [-0.15, -0.1) is 11.8 Å². The van der Waals surface area contributed by atoms with E-state index in [1.165, 1.54) is 18.2 Å². The molecule has 0 bridgehead atoms. The molecule has 0 aromatic heterocycles. The fraction of sp³-hybridized carbons (Fsp3) is 0.0952. The monoisotopic (exact) mass is 412 g/mol. The van der Waals surface area contributed by atoms with Gasteiger partial charge in [-0.2, -0.15) is 0 Å². The summed E-state index contributed by atoms with van der Waals surface area (Å²) < 4.78 is 27.3. The van der Waals surface area contributed by atoms with Gasteiger partial charge >= 0.3 is 0 Å². The van der Waals surface area contributed by atoms with E-state index < -0.39 is 10.0 Å². The van der Waals surface area contributed by atoms with Gasteiger partial charge in [-0.3, -0.25) is 9.52 Å². The van der Waals surface area contributed by atoms with Crippen LogP contribution in [0.5, 0.6) is 0 Å². The van der Waals surface area contributed by atoms with E-state index in [1.54, 1.807) is 48.2 Å². The van der Waals surface area contributed by atoms with E-state index >= 15 is 0 Å². The van der Waals surface area contributed by atoms with Crippen LogP contribution in [0.15, 0.2) is 94.7 Å². The lowest BCUT2D eigenvalue weighted by atomic mass is 10.2. The molecule has 0 fully saturated rings. The number of carbonyl (C=O) groups excluding carboxylic acids is 1. The van der Waals surface area contributed by atoms with Gasteiger partial charge in [-0.1, -0.05) is 42.5 Å². The van der Waals surface area contributed by atoms with Crippen LogP contribution in [0.1, 0.15) is 10.4 Å². The second-order valence-electron chi connectivity index (χ2n) is 5.92. The lowest BCUT2D eigenvalue weighted by Gasteiger charge is -2.10. The highest BCUT2D eigenvalue weighted by molar-refractivity contribution is 7.99. The number of thioether (sulfide) groups is 1. The molecule has 0 saturated heterocycles. The maximum atomic E-state index is 12.4. The Morgan fingerprint density at radius 1 is 0.857 bits per heavy atom. The second-order valence-corrected chi connectivity index (χ2v) is 8.77. The molecule has 3 aromatic rings. The first-order valence-electron chi connectivity index (χ1n) is 8.68. The number of anilines is 1. The van der Waals surface area contributed by atoms with Crippen LogP contribution < -0.4 is 10.0 Å². The Morgan fingerprint density at radius 2 is 1.54 bits per heavy atom. The van der Waals surface area contributed by atoms with Crippen molar-refractivity contribution in [1.29, 1.82) is 0 Å². The molecule has 2 N–H and O–H groups in total. The van der Waals surface area contributed by atoms with Crippen molar-refractivity contribution in [3.05, 3.63) is 90.5 Å². The summed E-state index contributed by atoms with van der Waals surface area (Å²) in [6.07, 6.45) is 0. The first kappa shape index (κ1) is 20.0. The molecule has 0 aliphatic carbocycles. The zero-order valence-corrected chi connectivity index (χ0v) is 16.7. The number of nitrogens with one attached hydrogen (secondary N) is 2. The van der Waals surface area contributed by atoms with Crippen molar-refractivity contribution < 1.29 is 13.2 Å². The average molecular weight is 413 g/mol. The highest BCUT2D eigenvalue weighted by Gasteiger charge is 2.14. The molecule has 0 unspecified atom stereocenters. The molecule has 3 aromatic carbocycles. The minimum atomic E-state index is -3.69. The Balaban J connectivity index is 1.57. The van der Waals surface area contributed by atoms with Crippen LogP contribution in [0.3, 0.4) is 0 Å². The third-order valence-electron chi connectivity index (χ3n) is 3.83. The molecular weight excluding hydrogens is 392 g/mol. The van der Waals surface area contributed by atoms with Gasteiger partial charge in [0.25, 0.3) is 15.9 Å². The van der Waals surface area contributed by atoms with Gasteiger partial charge in [0.05, 0.1) is 4.90 Å². The predicted molar refractivity (Wildman–Crippen MR) is 113 cm³/mol. The first-order valence-corrected chi connectivity index (χ1v) is 11.2. The van der Waals surface area contributed by atoms with Crippen molar-refractivity contribution in [2.45, 2.75) is 9.79 Å². The van der Waals surface area contributed by atoms with Crippen LogP contribution in [-0.2, 0) is 10.0 Å². The number of sulfonamides is 1. The van der Waals surface area contributed by atoms with Gasteiger partial charge in [0.2, 0.25) is 0 Å². The molecule has 0 atom stereocenters. The fourth-order valence-electron chi connectivity index (χ4n) is 2.49. The molecule has 144 valence electrons. The van der Waals surface area contributed by atoms with Crippen molar-refractivity contribution in [3.63, 3.8) is 0 Å². The summed E-state index contributed by atoms with van der Waals surface area (Å²) in [5, 5.41) is 2.85. The fourth-order valence-corrected chi connectivity index (χ4v) is 4.35. The molecule has 7 heteroatoms. The first-order chi connectivity index (χ1) is 13.5. The van der Waals surface area contributed by atoms with E-state index in [1.807, 2.05) is 30.3 Å². The van der Waals surface area contributed by atoms with E-state index in [2.05, 4.69) is 10.0 Å². The SMILES string of the molecule is O=C(NCCSc1ccccc1)c1cccc(NS(=O)(=O)c2ccccc2)c1. The van der Waals surface area contributed by atoms with Crippen molar-refractivity contribution in [2.75, 3.05) is 17.0 Å². The molecule has 5 nitrogen and oxygen atoms in total. The second kappa shape index (κ2) is 9.43. The summed E-state index contributed by atoms with van der Waals surface area (Å²) in [5.74, 6) is 0.505. The van der Waals surface area contributed by atoms with Crippen molar-refractivity contribution >= 4 is 33.4 Å². The number of benzene rings is 3. The molecule has 1 amide bonds. The Bertz CT molecular complexity index is 1020. The highest BCUT2D eigenvalue weighted by Crippen LogP contribution is 2.18. The van der Waals surface area contributed by atoms with Gasteiger partial charge < -0.3 is 5.32 Å². The van der Waals surface area contributed by atoms with E-state index in [9.17, 15) is 13.2 Å². The van der Waals surface area contributed by atoms with Crippen LogP contribution in [0.2, 0.25) is 0 Å². The van der Waals surface area contributed by atoms with Gasteiger partial charge in [-0.25, -0.2) is 8.42 Å². The van der Waals surface area contributed by atoms with Gasteiger partial charge in [0, 0.05) is 28.4 Å². The normalized spacial score (nSPS) is 11.0. The molecule has 28 heavy (non-hydrogen) atoms. The Hall–Kier alpha value is -2.77. The average Bonchev–Trinajstić information content (AvgIpc) is 2.72. The Labute approximate surface area is 169 Å². The number of hydrogen-bond donors (Lipinski definition) is 2. The Kier molecular flexibility index (Phi) is 6.73. The molecule has 0 radical (unpaired) electrons. The third-order valence-corrected chi connectivity index (χ3v) is 6.24. The highest BCUT2D eigenvalue weighted by atomic mass is 32.2. The van der Waals surface area contributed by atoms with Gasteiger partial charge in [-0.05, 0) is 42.5 Å². The molecule has 0 aliphatic rings. The lowest BCUT2D eigenvalue weighted by molar-refractivity contribution is 0.0956.